The van der Waals surface area contributed by atoms with Gasteiger partial charge in [-0.1, -0.05) is 6.42 Å². The second-order valence-corrected chi connectivity index (χ2v) is 5.57. The molecule has 112 valence electrons. The Bertz CT molecular complexity index is 446. The van der Waals surface area contributed by atoms with E-state index in [9.17, 15) is 9.90 Å². The summed E-state index contributed by atoms with van der Waals surface area (Å²) < 4.78 is 1.74. The van der Waals surface area contributed by atoms with Crippen LogP contribution in [0.2, 0.25) is 0 Å². The third-order valence-corrected chi connectivity index (χ3v) is 3.90. The Morgan fingerprint density at radius 3 is 3.00 bits per heavy atom. The summed E-state index contributed by atoms with van der Waals surface area (Å²) in [6, 6.07) is 0.138. The first kappa shape index (κ1) is 15.0. The number of likely N-dealkylation sites (N-methyl/N-ethyl adjacent to an activating group) is 1. The lowest BCUT2D eigenvalue weighted by molar-refractivity contribution is -0.132. The van der Waals surface area contributed by atoms with Crippen molar-refractivity contribution in [3.05, 3.63) is 18.0 Å². The number of hydrogen-bond acceptors (Lipinski definition) is 4. The lowest BCUT2D eigenvalue weighted by atomic mass is 10.0. The average molecular weight is 280 g/mol. The van der Waals surface area contributed by atoms with E-state index in [4.69, 9.17) is 0 Å². The molecule has 0 unspecified atom stereocenters. The third-order valence-electron chi connectivity index (χ3n) is 3.90. The molecule has 0 spiro atoms. The molecule has 0 bridgehead atoms. The highest BCUT2D eigenvalue weighted by Crippen LogP contribution is 2.16. The Hall–Kier alpha value is -1.40. The van der Waals surface area contributed by atoms with E-state index >= 15 is 0 Å². The van der Waals surface area contributed by atoms with Crippen molar-refractivity contribution >= 4 is 5.91 Å². The fourth-order valence-electron chi connectivity index (χ4n) is 2.68. The number of aliphatic hydroxyl groups excluding tert-OH is 1. The number of aliphatic hydroxyl groups is 1. The van der Waals surface area contributed by atoms with E-state index < -0.39 is 0 Å². The first-order valence-corrected chi connectivity index (χ1v) is 7.16. The van der Waals surface area contributed by atoms with Gasteiger partial charge in [-0.05, 0) is 19.4 Å². The van der Waals surface area contributed by atoms with Crippen LogP contribution in [0, 0.1) is 0 Å². The standard InChI is InChI=1S/C14H24N4O2/c1-16(8-12-7-15-17(2)9-12)14(20)10-18-6-4-3-5-13(18)11-19/h7,9,13,19H,3-6,8,10-11H2,1-2H3/t13-/m1/s1. The molecule has 1 aromatic rings. The molecule has 2 heterocycles. The number of carbonyl (C=O) groups excluding carboxylic acids is 1. The molecule has 0 aliphatic carbocycles. The van der Waals surface area contributed by atoms with Crippen LogP contribution in [0.1, 0.15) is 24.8 Å². The second-order valence-electron chi connectivity index (χ2n) is 5.57. The van der Waals surface area contributed by atoms with Crippen LogP contribution in [0.15, 0.2) is 12.4 Å². The molecule has 1 aliphatic rings. The number of rotatable bonds is 5. The van der Waals surface area contributed by atoms with Crippen molar-refractivity contribution in [1.82, 2.24) is 19.6 Å². The van der Waals surface area contributed by atoms with Crippen molar-refractivity contribution in [1.29, 1.82) is 0 Å². The van der Waals surface area contributed by atoms with Crippen molar-refractivity contribution in [2.75, 3.05) is 26.7 Å². The Kier molecular flexibility index (Phi) is 5.14. The number of nitrogens with zero attached hydrogens (tertiary/aromatic N) is 4. The molecule has 1 amide bonds. The Morgan fingerprint density at radius 1 is 1.55 bits per heavy atom. The maximum absolute atomic E-state index is 12.3. The molecule has 1 aromatic heterocycles. The number of carbonyl (C=O) groups is 1. The zero-order valence-electron chi connectivity index (χ0n) is 12.3. The molecule has 1 saturated heterocycles. The molecule has 1 N–H and O–H groups in total. The molecule has 2 rings (SSSR count). The number of piperidine rings is 1. The monoisotopic (exact) mass is 280 g/mol. The fraction of sp³-hybridized carbons (Fsp3) is 0.714. The summed E-state index contributed by atoms with van der Waals surface area (Å²) in [6.07, 6.45) is 6.93. The van der Waals surface area contributed by atoms with Crippen molar-refractivity contribution < 1.29 is 9.90 Å². The van der Waals surface area contributed by atoms with Gasteiger partial charge in [-0.25, -0.2) is 0 Å². The van der Waals surface area contributed by atoms with E-state index in [0.29, 0.717) is 13.1 Å². The molecule has 1 atom stereocenters. The van der Waals surface area contributed by atoms with Gasteiger partial charge in [0.25, 0.3) is 0 Å². The largest absolute Gasteiger partial charge is 0.395 e. The van der Waals surface area contributed by atoms with Gasteiger partial charge in [-0.15, -0.1) is 0 Å². The Morgan fingerprint density at radius 2 is 2.35 bits per heavy atom. The smallest absolute Gasteiger partial charge is 0.236 e. The summed E-state index contributed by atoms with van der Waals surface area (Å²) >= 11 is 0. The van der Waals surface area contributed by atoms with Gasteiger partial charge in [0.2, 0.25) is 5.91 Å². The van der Waals surface area contributed by atoms with Gasteiger partial charge in [-0.3, -0.25) is 14.4 Å². The molecule has 1 fully saturated rings. The molecule has 0 aromatic carbocycles. The summed E-state index contributed by atoms with van der Waals surface area (Å²) in [5.41, 5.74) is 1.03. The molecular weight excluding hydrogens is 256 g/mol. The number of aryl methyl sites for hydroxylation is 1. The van der Waals surface area contributed by atoms with Crippen molar-refractivity contribution in [2.24, 2.45) is 7.05 Å². The highest BCUT2D eigenvalue weighted by Gasteiger charge is 2.24. The number of likely N-dealkylation sites (tertiary alicyclic amines) is 1. The van der Waals surface area contributed by atoms with Gasteiger partial charge in [-0.2, -0.15) is 5.10 Å². The fourth-order valence-corrected chi connectivity index (χ4v) is 2.68. The van der Waals surface area contributed by atoms with E-state index in [-0.39, 0.29) is 18.6 Å². The van der Waals surface area contributed by atoms with Gasteiger partial charge in [0.05, 0.1) is 19.3 Å². The van der Waals surface area contributed by atoms with E-state index in [0.717, 1.165) is 31.4 Å². The summed E-state index contributed by atoms with van der Waals surface area (Å²) in [5.74, 6) is 0.0919. The van der Waals surface area contributed by atoms with Gasteiger partial charge in [0.1, 0.15) is 0 Å². The van der Waals surface area contributed by atoms with Gasteiger partial charge >= 0.3 is 0 Å². The summed E-state index contributed by atoms with van der Waals surface area (Å²) in [4.78, 5) is 16.1. The van der Waals surface area contributed by atoms with E-state index in [1.165, 1.54) is 0 Å². The van der Waals surface area contributed by atoms with Gasteiger partial charge < -0.3 is 10.0 Å². The number of hydrogen-bond donors (Lipinski definition) is 1. The minimum absolute atomic E-state index is 0.0919. The van der Waals surface area contributed by atoms with Crippen LogP contribution >= 0.6 is 0 Å². The zero-order valence-corrected chi connectivity index (χ0v) is 12.3. The second kappa shape index (κ2) is 6.85. The van der Waals surface area contributed by atoms with Crippen LogP contribution in [-0.2, 0) is 18.4 Å². The minimum Gasteiger partial charge on any atom is -0.395 e. The average Bonchev–Trinajstić information content (AvgIpc) is 2.84. The molecule has 6 heteroatoms. The number of amides is 1. The molecule has 0 saturated carbocycles. The quantitative estimate of drug-likeness (QED) is 0.838. The number of aromatic nitrogens is 2. The van der Waals surface area contributed by atoms with Gasteiger partial charge in [0.15, 0.2) is 0 Å². The maximum atomic E-state index is 12.3. The van der Waals surface area contributed by atoms with Crippen LogP contribution in [0.3, 0.4) is 0 Å². The van der Waals surface area contributed by atoms with Crippen LogP contribution in [0.5, 0.6) is 0 Å². The minimum atomic E-state index is 0.0919. The molecule has 0 radical (unpaired) electrons. The first-order chi connectivity index (χ1) is 9.60. The van der Waals surface area contributed by atoms with Crippen molar-refractivity contribution in [2.45, 2.75) is 31.8 Å². The Labute approximate surface area is 120 Å². The topological polar surface area (TPSA) is 61.6 Å². The van der Waals surface area contributed by atoms with Gasteiger partial charge in [0, 0.05) is 38.4 Å². The predicted molar refractivity (Wildman–Crippen MR) is 76.0 cm³/mol. The normalized spacial score (nSPS) is 20.1. The lowest BCUT2D eigenvalue weighted by Crippen LogP contribution is -2.47. The zero-order chi connectivity index (χ0) is 14.5. The highest BCUT2D eigenvalue weighted by molar-refractivity contribution is 5.78. The van der Waals surface area contributed by atoms with E-state index in [2.05, 4.69) is 10.00 Å². The van der Waals surface area contributed by atoms with Crippen LogP contribution < -0.4 is 0 Å². The van der Waals surface area contributed by atoms with Crippen LogP contribution in [0.4, 0.5) is 0 Å². The maximum Gasteiger partial charge on any atom is 0.236 e. The third kappa shape index (κ3) is 3.80. The SMILES string of the molecule is CN(Cc1cnn(C)c1)C(=O)CN1CCCC[C@@H]1CO. The van der Waals surface area contributed by atoms with Crippen molar-refractivity contribution in [3.63, 3.8) is 0 Å². The van der Waals surface area contributed by atoms with Crippen LogP contribution in [-0.4, -0.2) is 63.4 Å². The lowest BCUT2D eigenvalue weighted by Gasteiger charge is -2.34. The van der Waals surface area contributed by atoms with E-state index in [1.807, 2.05) is 20.3 Å². The molecule has 6 nitrogen and oxygen atoms in total. The van der Waals surface area contributed by atoms with E-state index in [1.54, 1.807) is 15.8 Å². The molecule has 20 heavy (non-hydrogen) atoms. The Balaban J connectivity index is 1.86. The summed E-state index contributed by atoms with van der Waals surface area (Å²) in [5, 5.41) is 13.5. The molecular formula is C14H24N4O2. The first-order valence-electron chi connectivity index (χ1n) is 7.16. The summed E-state index contributed by atoms with van der Waals surface area (Å²) in [7, 11) is 3.68. The van der Waals surface area contributed by atoms with Crippen molar-refractivity contribution in [3.8, 4) is 0 Å². The van der Waals surface area contributed by atoms with Crippen LogP contribution in [0.25, 0.3) is 0 Å². The predicted octanol–water partition coefficient (Wildman–Crippen LogP) is 0.225. The highest BCUT2D eigenvalue weighted by atomic mass is 16.3. The molecule has 1 aliphatic heterocycles. The summed E-state index contributed by atoms with van der Waals surface area (Å²) in [6.45, 7) is 2.00.